The minimum atomic E-state index is 0.324. The van der Waals surface area contributed by atoms with Gasteiger partial charge in [0.05, 0.1) is 10.7 Å². The average Bonchev–Trinajstić information content (AvgIpc) is 2.29. The molecule has 4 heteroatoms. The highest BCUT2D eigenvalue weighted by molar-refractivity contribution is 9.10. The number of nitrogens with two attached hydrogens (primary N) is 1. The third kappa shape index (κ3) is 3.03. The van der Waals surface area contributed by atoms with Crippen molar-refractivity contribution in [2.45, 2.75) is 33.7 Å². The molecule has 3 nitrogen and oxygen atoms in total. The number of hydrogen-bond donors (Lipinski definition) is 1. The molecule has 0 saturated heterocycles. The fraction of sp³-hybridized carbons (Fsp3) is 0.667. The van der Waals surface area contributed by atoms with E-state index in [-0.39, 0.29) is 0 Å². The van der Waals surface area contributed by atoms with E-state index in [1.165, 1.54) is 0 Å². The molecule has 0 saturated carbocycles. The minimum Gasteiger partial charge on any atom is -0.383 e. The molecule has 1 rings (SSSR count). The lowest BCUT2D eigenvalue weighted by atomic mass is 9.92. The van der Waals surface area contributed by atoms with E-state index in [1.54, 1.807) is 6.20 Å². The van der Waals surface area contributed by atoms with Gasteiger partial charge in [0, 0.05) is 6.54 Å². The second-order valence-corrected chi connectivity index (χ2v) is 5.27. The highest BCUT2D eigenvalue weighted by Crippen LogP contribution is 2.22. The molecule has 0 fully saturated rings. The largest absolute Gasteiger partial charge is 0.383 e. The first-order chi connectivity index (χ1) is 5.90. The number of aryl methyl sites for hydroxylation is 1. The Bertz CT molecular complexity index is 286. The molecule has 0 radical (unpaired) electrons. The molecule has 0 aliphatic rings. The van der Waals surface area contributed by atoms with Crippen molar-refractivity contribution in [2.75, 3.05) is 5.73 Å². The molecule has 0 spiro atoms. The van der Waals surface area contributed by atoms with Gasteiger partial charge in [-0.3, -0.25) is 0 Å². The van der Waals surface area contributed by atoms with E-state index in [1.807, 2.05) is 4.68 Å². The van der Waals surface area contributed by atoms with Crippen LogP contribution in [0.5, 0.6) is 0 Å². The number of hydrogen-bond acceptors (Lipinski definition) is 2. The molecular formula is C9H16BrN3. The summed E-state index contributed by atoms with van der Waals surface area (Å²) in [7, 11) is 0. The van der Waals surface area contributed by atoms with Crippen molar-refractivity contribution < 1.29 is 0 Å². The second kappa shape index (κ2) is 3.70. The van der Waals surface area contributed by atoms with Crippen LogP contribution in [0, 0.1) is 5.41 Å². The number of anilines is 1. The second-order valence-electron chi connectivity index (χ2n) is 4.41. The van der Waals surface area contributed by atoms with E-state index in [9.17, 15) is 0 Å². The summed E-state index contributed by atoms with van der Waals surface area (Å²) < 4.78 is 2.71. The van der Waals surface area contributed by atoms with Crippen LogP contribution in [0.25, 0.3) is 0 Å². The van der Waals surface area contributed by atoms with Crippen LogP contribution in [0.15, 0.2) is 10.7 Å². The first kappa shape index (κ1) is 10.6. The SMILES string of the molecule is CC(C)(C)CCn1ncc(Br)c1N. The van der Waals surface area contributed by atoms with E-state index < -0.39 is 0 Å². The molecule has 0 aromatic carbocycles. The molecule has 13 heavy (non-hydrogen) atoms. The van der Waals surface area contributed by atoms with Gasteiger partial charge in [0.1, 0.15) is 5.82 Å². The van der Waals surface area contributed by atoms with Crippen LogP contribution in [-0.2, 0) is 6.54 Å². The van der Waals surface area contributed by atoms with Crippen molar-refractivity contribution in [3.8, 4) is 0 Å². The quantitative estimate of drug-likeness (QED) is 0.871. The Hall–Kier alpha value is -0.510. The van der Waals surface area contributed by atoms with Gasteiger partial charge in [0.2, 0.25) is 0 Å². The standard InChI is InChI=1S/C9H16BrN3/c1-9(2,3)4-5-13-8(11)7(10)6-12-13/h6H,4-5,11H2,1-3H3. The Balaban J connectivity index is 2.60. The van der Waals surface area contributed by atoms with Crippen LogP contribution in [0.3, 0.4) is 0 Å². The topological polar surface area (TPSA) is 43.8 Å². The van der Waals surface area contributed by atoms with Crippen LogP contribution in [0.4, 0.5) is 5.82 Å². The lowest BCUT2D eigenvalue weighted by Crippen LogP contribution is -2.12. The predicted octanol–water partition coefficient (Wildman–Crippen LogP) is 2.66. The number of aromatic nitrogens is 2. The van der Waals surface area contributed by atoms with Gasteiger partial charge in [-0.1, -0.05) is 20.8 Å². The van der Waals surface area contributed by atoms with Gasteiger partial charge in [-0.25, -0.2) is 4.68 Å². The summed E-state index contributed by atoms with van der Waals surface area (Å²) in [6.45, 7) is 7.51. The molecule has 2 N–H and O–H groups in total. The summed E-state index contributed by atoms with van der Waals surface area (Å²) in [5.74, 6) is 0.712. The number of nitrogens with zero attached hydrogens (tertiary/aromatic N) is 2. The van der Waals surface area contributed by atoms with Gasteiger partial charge in [-0.2, -0.15) is 5.10 Å². The fourth-order valence-corrected chi connectivity index (χ4v) is 1.29. The normalized spacial score (nSPS) is 12.0. The van der Waals surface area contributed by atoms with Crippen molar-refractivity contribution >= 4 is 21.7 Å². The van der Waals surface area contributed by atoms with Gasteiger partial charge < -0.3 is 5.73 Å². The van der Waals surface area contributed by atoms with E-state index in [2.05, 4.69) is 41.8 Å². The van der Waals surface area contributed by atoms with Crippen LogP contribution in [0.1, 0.15) is 27.2 Å². The Morgan fingerprint density at radius 2 is 2.15 bits per heavy atom. The molecule has 0 atom stereocenters. The minimum absolute atomic E-state index is 0.324. The molecule has 1 heterocycles. The van der Waals surface area contributed by atoms with Crippen molar-refractivity contribution in [3.63, 3.8) is 0 Å². The van der Waals surface area contributed by atoms with Crippen LogP contribution < -0.4 is 5.73 Å². The molecule has 0 aliphatic carbocycles. The van der Waals surface area contributed by atoms with Gasteiger partial charge in [-0.15, -0.1) is 0 Å². The van der Waals surface area contributed by atoms with Crippen LogP contribution in [-0.4, -0.2) is 9.78 Å². The Morgan fingerprint density at radius 3 is 2.54 bits per heavy atom. The van der Waals surface area contributed by atoms with Crippen LogP contribution in [0.2, 0.25) is 0 Å². The maximum Gasteiger partial charge on any atom is 0.136 e. The highest BCUT2D eigenvalue weighted by Gasteiger charge is 2.12. The molecule has 1 aromatic rings. The lowest BCUT2D eigenvalue weighted by molar-refractivity contribution is 0.342. The summed E-state index contributed by atoms with van der Waals surface area (Å²) in [6.07, 6.45) is 2.81. The van der Waals surface area contributed by atoms with Gasteiger partial charge in [0.25, 0.3) is 0 Å². The summed E-state index contributed by atoms with van der Waals surface area (Å²) in [5.41, 5.74) is 6.11. The van der Waals surface area contributed by atoms with E-state index >= 15 is 0 Å². The average molecular weight is 246 g/mol. The first-order valence-electron chi connectivity index (χ1n) is 4.37. The molecule has 74 valence electrons. The third-order valence-electron chi connectivity index (χ3n) is 1.91. The summed E-state index contributed by atoms with van der Waals surface area (Å²) in [6, 6.07) is 0. The molecule has 0 unspecified atom stereocenters. The van der Waals surface area contributed by atoms with Crippen molar-refractivity contribution in [1.82, 2.24) is 9.78 Å². The monoisotopic (exact) mass is 245 g/mol. The number of halogens is 1. The van der Waals surface area contributed by atoms with Crippen LogP contribution >= 0.6 is 15.9 Å². The lowest BCUT2D eigenvalue weighted by Gasteiger charge is -2.17. The van der Waals surface area contributed by atoms with E-state index in [0.717, 1.165) is 17.4 Å². The summed E-state index contributed by atoms with van der Waals surface area (Å²) >= 11 is 3.33. The van der Waals surface area contributed by atoms with Gasteiger partial charge in [-0.05, 0) is 27.8 Å². The third-order valence-corrected chi connectivity index (χ3v) is 2.52. The molecule has 0 aliphatic heterocycles. The Morgan fingerprint density at radius 1 is 1.54 bits per heavy atom. The predicted molar refractivity (Wildman–Crippen MR) is 58.4 cm³/mol. The van der Waals surface area contributed by atoms with Gasteiger partial charge >= 0.3 is 0 Å². The zero-order valence-electron chi connectivity index (χ0n) is 8.34. The Labute approximate surface area is 87.4 Å². The number of rotatable bonds is 2. The first-order valence-corrected chi connectivity index (χ1v) is 5.16. The van der Waals surface area contributed by atoms with Crippen molar-refractivity contribution in [2.24, 2.45) is 5.41 Å². The van der Waals surface area contributed by atoms with Gasteiger partial charge in [0.15, 0.2) is 0 Å². The summed E-state index contributed by atoms with van der Waals surface area (Å²) in [4.78, 5) is 0. The maximum absolute atomic E-state index is 5.79. The molecule has 0 bridgehead atoms. The molecule has 0 amide bonds. The number of nitrogen functional groups attached to an aromatic ring is 1. The van der Waals surface area contributed by atoms with Crippen molar-refractivity contribution in [1.29, 1.82) is 0 Å². The smallest absolute Gasteiger partial charge is 0.136 e. The zero-order valence-corrected chi connectivity index (χ0v) is 9.93. The maximum atomic E-state index is 5.79. The van der Waals surface area contributed by atoms with E-state index in [4.69, 9.17) is 5.73 Å². The summed E-state index contributed by atoms with van der Waals surface area (Å²) in [5, 5.41) is 4.16. The zero-order chi connectivity index (χ0) is 10.1. The molecular weight excluding hydrogens is 230 g/mol. The van der Waals surface area contributed by atoms with E-state index in [0.29, 0.717) is 11.2 Å². The fourth-order valence-electron chi connectivity index (χ4n) is 0.992. The van der Waals surface area contributed by atoms with Crippen molar-refractivity contribution in [3.05, 3.63) is 10.7 Å². The Kier molecular flexibility index (Phi) is 3.01. The highest BCUT2D eigenvalue weighted by atomic mass is 79.9. The molecule has 1 aromatic heterocycles.